The second kappa shape index (κ2) is 10.1. The SMILES string of the molecule is O=C(c1ccc(OCc2cscn2)cc1)N1CCN(S(=O)(=O)/C=C/c2ccccc2)CC1. The zero-order valence-corrected chi connectivity index (χ0v) is 19.0. The molecule has 1 fully saturated rings. The molecule has 0 atom stereocenters. The van der Waals surface area contributed by atoms with Gasteiger partial charge in [-0.2, -0.15) is 4.31 Å². The van der Waals surface area contributed by atoms with Crippen LogP contribution in [0, 0.1) is 0 Å². The fraction of sp³-hybridized carbons (Fsp3) is 0.217. The van der Waals surface area contributed by atoms with Crippen molar-refractivity contribution < 1.29 is 17.9 Å². The van der Waals surface area contributed by atoms with E-state index in [1.165, 1.54) is 21.1 Å². The molecular weight excluding hydrogens is 446 g/mol. The largest absolute Gasteiger partial charge is 0.487 e. The van der Waals surface area contributed by atoms with E-state index in [0.29, 0.717) is 31.0 Å². The molecule has 1 saturated heterocycles. The first-order valence-corrected chi connectivity index (χ1v) is 12.6. The normalized spacial score (nSPS) is 15.2. The molecular formula is C23H23N3O4S2. The Morgan fingerprint density at radius 1 is 1.03 bits per heavy atom. The Morgan fingerprint density at radius 3 is 2.41 bits per heavy atom. The van der Waals surface area contributed by atoms with Gasteiger partial charge in [-0.05, 0) is 35.9 Å². The maximum atomic E-state index is 12.8. The molecule has 2 heterocycles. The van der Waals surface area contributed by atoms with Crippen LogP contribution >= 0.6 is 11.3 Å². The average Bonchev–Trinajstić information content (AvgIpc) is 3.36. The summed E-state index contributed by atoms with van der Waals surface area (Å²) in [6, 6.07) is 16.3. The van der Waals surface area contributed by atoms with E-state index in [1.807, 2.05) is 35.7 Å². The Hall–Kier alpha value is -3.01. The van der Waals surface area contributed by atoms with Gasteiger partial charge in [0, 0.05) is 42.5 Å². The van der Waals surface area contributed by atoms with Crippen LogP contribution in [0.2, 0.25) is 0 Å². The number of nitrogens with zero attached hydrogens (tertiary/aromatic N) is 3. The zero-order chi connectivity index (χ0) is 22.4. The van der Waals surface area contributed by atoms with Gasteiger partial charge in [-0.3, -0.25) is 4.79 Å². The quantitative estimate of drug-likeness (QED) is 0.529. The predicted octanol–water partition coefficient (Wildman–Crippen LogP) is 3.48. The van der Waals surface area contributed by atoms with Crippen LogP contribution in [-0.4, -0.2) is 54.7 Å². The molecule has 1 aliphatic heterocycles. The number of ether oxygens (including phenoxy) is 1. The summed E-state index contributed by atoms with van der Waals surface area (Å²) in [5.41, 5.74) is 3.99. The molecule has 0 unspecified atom stereocenters. The van der Waals surface area contributed by atoms with Crippen LogP contribution in [0.25, 0.3) is 6.08 Å². The van der Waals surface area contributed by atoms with E-state index in [2.05, 4.69) is 4.98 Å². The Morgan fingerprint density at radius 2 is 1.75 bits per heavy atom. The molecule has 1 aromatic heterocycles. The Kier molecular flexibility index (Phi) is 6.99. The molecule has 2 aromatic carbocycles. The molecule has 4 rings (SSSR count). The highest BCUT2D eigenvalue weighted by molar-refractivity contribution is 7.92. The van der Waals surface area contributed by atoms with Crippen molar-refractivity contribution >= 4 is 33.3 Å². The van der Waals surface area contributed by atoms with Crippen LogP contribution in [0.5, 0.6) is 5.75 Å². The van der Waals surface area contributed by atoms with Crippen LogP contribution < -0.4 is 4.74 Å². The first-order valence-electron chi connectivity index (χ1n) is 10.1. The number of hydrogen-bond donors (Lipinski definition) is 0. The number of aromatic nitrogens is 1. The summed E-state index contributed by atoms with van der Waals surface area (Å²) in [4.78, 5) is 18.7. The summed E-state index contributed by atoms with van der Waals surface area (Å²) in [6.07, 6.45) is 1.59. The summed E-state index contributed by atoms with van der Waals surface area (Å²) in [5, 5.41) is 3.15. The number of piperazine rings is 1. The molecule has 0 radical (unpaired) electrons. The van der Waals surface area contributed by atoms with E-state index in [1.54, 1.807) is 40.8 Å². The van der Waals surface area contributed by atoms with Gasteiger partial charge >= 0.3 is 0 Å². The molecule has 1 aliphatic rings. The molecule has 3 aromatic rings. The average molecular weight is 470 g/mol. The maximum Gasteiger partial charge on any atom is 0.253 e. The van der Waals surface area contributed by atoms with Crippen LogP contribution in [0.15, 0.2) is 70.9 Å². The fourth-order valence-electron chi connectivity index (χ4n) is 3.30. The van der Waals surface area contributed by atoms with Gasteiger partial charge in [-0.1, -0.05) is 30.3 Å². The highest BCUT2D eigenvalue weighted by Gasteiger charge is 2.27. The third kappa shape index (κ3) is 5.61. The summed E-state index contributed by atoms with van der Waals surface area (Å²) in [6.45, 7) is 1.61. The third-order valence-corrected chi connectivity index (χ3v) is 7.29. The number of thiazole rings is 1. The maximum absolute atomic E-state index is 12.8. The lowest BCUT2D eigenvalue weighted by molar-refractivity contribution is 0.0698. The summed E-state index contributed by atoms with van der Waals surface area (Å²) < 4.78 is 32.3. The van der Waals surface area contributed by atoms with Gasteiger partial charge < -0.3 is 9.64 Å². The summed E-state index contributed by atoms with van der Waals surface area (Å²) in [7, 11) is -3.53. The van der Waals surface area contributed by atoms with Gasteiger partial charge in [-0.25, -0.2) is 13.4 Å². The van der Waals surface area contributed by atoms with E-state index in [0.717, 1.165) is 11.3 Å². The lowest BCUT2D eigenvalue weighted by Gasteiger charge is -2.33. The van der Waals surface area contributed by atoms with Gasteiger partial charge in [0.05, 0.1) is 11.2 Å². The lowest BCUT2D eigenvalue weighted by Crippen LogP contribution is -2.50. The molecule has 1 amide bonds. The smallest absolute Gasteiger partial charge is 0.253 e. The van der Waals surface area contributed by atoms with Crippen molar-refractivity contribution in [3.63, 3.8) is 0 Å². The standard InChI is InChI=1S/C23H23N3O4S2/c27-23(20-6-8-22(9-7-20)30-16-21-17-31-18-24-21)25-11-13-26(14-12-25)32(28,29)15-10-19-4-2-1-3-5-19/h1-10,15,17-18H,11-14,16H2/b15-10+. The molecule has 0 spiro atoms. The molecule has 166 valence electrons. The first kappa shape index (κ1) is 22.2. The number of sulfonamides is 1. The topological polar surface area (TPSA) is 79.8 Å². The Bertz CT molecular complexity index is 1150. The number of amides is 1. The molecule has 0 bridgehead atoms. The highest BCUT2D eigenvalue weighted by atomic mass is 32.2. The molecule has 0 saturated carbocycles. The molecule has 0 aliphatic carbocycles. The van der Waals surface area contributed by atoms with E-state index >= 15 is 0 Å². The number of hydrogen-bond acceptors (Lipinski definition) is 6. The Balaban J connectivity index is 1.30. The van der Waals surface area contributed by atoms with Crippen molar-refractivity contribution in [3.8, 4) is 5.75 Å². The van der Waals surface area contributed by atoms with Crippen LogP contribution in [0.1, 0.15) is 21.6 Å². The molecule has 9 heteroatoms. The van der Waals surface area contributed by atoms with Gasteiger partial charge in [0.1, 0.15) is 12.4 Å². The summed E-state index contributed by atoms with van der Waals surface area (Å²) >= 11 is 1.51. The van der Waals surface area contributed by atoms with Crippen LogP contribution in [0.4, 0.5) is 0 Å². The highest BCUT2D eigenvalue weighted by Crippen LogP contribution is 2.18. The number of rotatable bonds is 7. The van der Waals surface area contributed by atoms with E-state index in [-0.39, 0.29) is 19.0 Å². The first-order chi connectivity index (χ1) is 15.5. The minimum Gasteiger partial charge on any atom is -0.487 e. The minimum atomic E-state index is -3.53. The van der Waals surface area contributed by atoms with Crippen molar-refractivity contribution in [2.24, 2.45) is 0 Å². The van der Waals surface area contributed by atoms with Crippen molar-refractivity contribution in [1.29, 1.82) is 0 Å². The van der Waals surface area contributed by atoms with E-state index in [9.17, 15) is 13.2 Å². The molecule has 7 nitrogen and oxygen atoms in total. The fourth-order valence-corrected chi connectivity index (χ4v) is 5.02. The second-order valence-corrected chi connectivity index (χ2v) is 9.78. The summed E-state index contributed by atoms with van der Waals surface area (Å²) in [5.74, 6) is 0.545. The van der Waals surface area contributed by atoms with Gasteiger partial charge in [0.15, 0.2) is 0 Å². The zero-order valence-electron chi connectivity index (χ0n) is 17.3. The third-order valence-electron chi connectivity index (χ3n) is 5.09. The molecule has 0 N–H and O–H groups in total. The monoisotopic (exact) mass is 469 g/mol. The van der Waals surface area contributed by atoms with Crippen LogP contribution in [0.3, 0.4) is 0 Å². The van der Waals surface area contributed by atoms with Crippen molar-refractivity contribution in [1.82, 2.24) is 14.2 Å². The number of benzene rings is 2. The van der Waals surface area contributed by atoms with Crippen molar-refractivity contribution in [3.05, 3.63) is 87.7 Å². The minimum absolute atomic E-state index is 0.118. The van der Waals surface area contributed by atoms with Crippen molar-refractivity contribution in [2.75, 3.05) is 26.2 Å². The van der Waals surface area contributed by atoms with E-state index in [4.69, 9.17) is 4.74 Å². The van der Waals surface area contributed by atoms with E-state index < -0.39 is 10.0 Å². The number of carbonyl (C=O) groups excluding carboxylic acids is 1. The van der Waals surface area contributed by atoms with Gasteiger partial charge in [0.25, 0.3) is 5.91 Å². The molecule has 32 heavy (non-hydrogen) atoms. The predicted molar refractivity (Wildman–Crippen MR) is 125 cm³/mol. The Labute approximate surface area is 191 Å². The van der Waals surface area contributed by atoms with Gasteiger partial charge in [0.2, 0.25) is 10.0 Å². The van der Waals surface area contributed by atoms with Gasteiger partial charge in [-0.15, -0.1) is 11.3 Å². The van der Waals surface area contributed by atoms with Crippen LogP contribution in [-0.2, 0) is 16.6 Å². The van der Waals surface area contributed by atoms with Crippen molar-refractivity contribution in [2.45, 2.75) is 6.61 Å². The second-order valence-electron chi connectivity index (χ2n) is 7.24. The number of carbonyl (C=O) groups is 1. The lowest BCUT2D eigenvalue weighted by atomic mass is 10.2.